The summed E-state index contributed by atoms with van der Waals surface area (Å²) in [4.78, 5) is 24.6. The zero-order valence-electron chi connectivity index (χ0n) is 10.5. The lowest BCUT2D eigenvalue weighted by Crippen LogP contribution is -2.46. The molecular formula is C11H20N2O4. The van der Waals surface area contributed by atoms with Crippen molar-refractivity contribution >= 4 is 11.9 Å². The molecule has 2 atom stereocenters. The number of methoxy groups -OCH3 is 1. The molecule has 0 radical (unpaired) electrons. The number of carboxylic acid groups (broad SMARTS) is 1. The van der Waals surface area contributed by atoms with E-state index < -0.39 is 17.4 Å². The molecule has 1 fully saturated rings. The number of nitrogens with one attached hydrogen (secondary N) is 1. The van der Waals surface area contributed by atoms with E-state index in [1.807, 2.05) is 6.92 Å². The molecule has 0 saturated carbocycles. The van der Waals surface area contributed by atoms with Gasteiger partial charge in [0.15, 0.2) is 0 Å². The van der Waals surface area contributed by atoms with Crippen molar-refractivity contribution < 1.29 is 19.4 Å². The third-order valence-corrected chi connectivity index (χ3v) is 3.33. The van der Waals surface area contributed by atoms with Gasteiger partial charge in [-0.1, -0.05) is 0 Å². The molecule has 0 aromatic carbocycles. The highest BCUT2D eigenvalue weighted by atomic mass is 16.5. The summed E-state index contributed by atoms with van der Waals surface area (Å²) in [5.41, 5.74) is -0.504. The molecule has 0 aromatic heterocycles. The predicted octanol–water partition coefficient (Wildman–Crippen LogP) is -0.456. The summed E-state index contributed by atoms with van der Waals surface area (Å²) in [7, 11) is 3.07. The van der Waals surface area contributed by atoms with Crippen LogP contribution in [0.2, 0.25) is 0 Å². The van der Waals surface area contributed by atoms with E-state index in [4.69, 9.17) is 9.84 Å². The monoisotopic (exact) mass is 244 g/mol. The van der Waals surface area contributed by atoms with Gasteiger partial charge in [0, 0.05) is 27.2 Å². The molecule has 2 N–H and O–H groups in total. The highest BCUT2D eigenvalue weighted by molar-refractivity contribution is 5.83. The van der Waals surface area contributed by atoms with Crippen LogP contribution in [0.1, 0.15) is 13.3 Å². The van der Waals surface area contributed by atoms with Crippen LogP contribution in [0, 0.1) is 5.41 Å². The highest BCUT2D eigenvalue weighted by Gasteiger charge is 2.43. The lowest BCUT2D eigenvalue weighted by Gasteiger charge is -2.26. The minimum atomic E-state index is -0.909. The molecule has 0 spiro atoms. The molecule has 17 heavy (non-hydrogen) atoms. The number of aliphatic carboxylic acids is 1. The summed E-state index contributed by atoms with van der Waals surface area (Å²) in [6, 6.07) is -0.675. The number of nitrogens with zero attached hydrogens (tertiary/aromatic N) is 1. The Hall–Kier alpha value is -1.14. The topological polar surface area (TPSA) is 78.9 Å². The van der Waals surface area contributed by atoms with E-state index in [2.05, 4.69) is 5.32 Å². The Balaban J connectivity index is 2.71. The second-order valence-electron chi connectivity index (χ2n) is 4.67. The van der Waals surface area contributed by atoms with Gasteiger partial charge >= 0.3 is 5.97 Å². The average molecular weight is 244 g/mol. The third-order valence-electron chi connectivity index (χ3n) is 3.33. The van der Waals surface area contributed by atoms with Crippen molar-refractivity contribution in [1.82, 2.24) is 10.2 Å². The molecule has 0 aromatic rings. The standard InChI is InChI=1S/C11H20N2O4/c1-11(10(16)12-2)4-5-13(7-11)8(6-17-3)9(14)15/h8H,4-7H2,1-3H3,(H,12,16)(H,14,15). The van der Waals surface area contributed by atoms with Gasteiger partial charge in [0.2, 0.25) is 5.91 Å². The Kier molecular flexibility index (Phi) is 4.47. The van der Waals surface area contributed by atoms with Crippen LogP contribution in [-0.4, -0.2) is 61.8 Å². The van der Waals surface area contributed by atoms with Crippen molar-refractivity contribution in [1.29, 1.82) is 0 Å². The summed E-state index contributed by atoms with van der Waals surface area (Å²) >= 11 is 0. The number of amides is 1. The lowest BCUT2D eigenvalue weighted by atomic mass is 9.89. The third kappa shape index (κ3) is 2.95. The molecule has 6 heteroatoms. The van der Waals surface area contributed by atoms with Crippen LogP contribution < -0.4 is 5.32 Å². The largest absolute Gasteiger partial charge is 0.480 e. The van der Waals surface area contributed by atoms with Crippen LogP contribution in [0.15, 0.2) is 0 Å². The average Bonchev–Trinajstić information content (AvgIpc) is 2.68. The first-order valence-electron chi connectivity index (χ1n) is 5.62. The fourth-order valence-electron chi connectivity index (χ4n) is 2.24. The maximum absolute atomic E-state index is 11.7. The van der Waals surface area contributed by atoms with Gasteiger partial charge in [0.25, 0.3) is 0 Å². The Bertz CT molecular complexity index is 308. The summed E-state index contributed by atoms with van der Waals surface area (Å²) in [6.07, 6.45) is 0.667. The molecule has 1 saturated heterocycles. The Morgan fingerprint density at radius 2 is 2.24 bits per heavy atom. The number of carbonyl (C=O) groups excluding carboxylic acids is 1. The van der Waals surface area contributed by atoms with Crippen molar-refractivity contribution in [3.63, 3.8) is 0 Å². The van der Waals surface area contributed by atoms with Gasteiger partial charge in [-0.3, -0.25) is 14.5 Å². The van der Waals surface area contributed by atoms with Crippen LogP contribution in [0.3, 0.4) is 0 Å². The van der Waals surface area contributed by atoms with E-state index in [0.717, 1.165) is 0 Å². The van der Waals surface area contributed by atoms with Crippen molar-refractivity contribution in [2.45, 2.75) is 19.4 Å². The number of hydrogen-bond acceptors (Lipinski definition) is 4. The lowest BCUT2D eigenvalue weighted by molar-refractivity contribution is -0.145. The number of rotatable bonds is 5. The molecular weight excluding hydrogens is 224 g/mol. The zero-order chi connectivity index (χ0) is 13.1. The van der Waals surface area contributed by atoms with Gasteiger partial charge < -0.3 is 15.2 Å². The smallest absolute Gasteiger partial charge is 0.323 e. The minimum Gasteiger partial charge on any atom is -0.480 e. The second kappa shape index (κ2) is 5.46. The molecule has 1 aliphatic heterocycles. The van der Waals surface area contributed by atoms with E-state index >= 15 is 0 Å². The van der Waals surface area contributed by atoms with E-state index in [0.29, 0.717) is 19.5 Å². The summed E-state index contributed by atoms with van der Waals surface area (Å²) in [6.45, 7) is 3.05. The fraction of sp³-hybridized carbons (Fsp3) is 0.818. The van der Waals surface area contributed by atoms with Gasteiger partial charge in [0.05, 0.1) is 12.0 Å². The number of ether oxygens (including phenoxy) is 1. The van der Waals surface area contributed by atoms with Crippen molar-refractivity contribution in [3.05, 3.63) is 0 Å². The molecule has 1 aliphatic rings. The molecule has 0 aliphatic carbocycles. The van der Waals surface area contributed by atoms with E-state index in [1.165, 1.54) is 7.11 Å². The molecule has 1 amide bonds. The van der Waals surface area contributed by atoms with Gasteiger partial charge in [-0.25, -0.2) is 0 Å². The van der Waals surface area contributed by atoms with E-state index in [-0.39, 0.29) is 12.5 Å². The minimum absolute atomic E-state index is 0.0402. The van der Waals surface area contributed by atoms with Crippen LogP contribution in [0.4, 0.5) is 0 Å². The number of carbonyl (C=O) groups is 2. The Morgan fingerprint density at radius 1 is 1.59 bits per heavy atom. The maximum atomic E-state index is 11.7. The first-order chi connectivity index (χ1) is 7.94. The predicted molar refractivity (Wildman–Crippen MR) is 61.7 cm³/mol. The van der Waals surface area contributed by atoms with Crippen LogP contribution >= 0.6 is 0 Å². The van der Waals surface area contributed by atoms with Gasteiger partial charge in [-0.05, 0) is 13.3 Å². The van der Waals surface area contributed by atoms with Gasteiger partial charge in [0.1, 0.15) is 6.04 Å². The first kappa shape index (κ1) is 13.9. The van der Waals surface area contributed by atoms with Crippen molar-refractivity contribution in [2.24, 2.45) is 5.41 Å². The van der Waals surface area contributed by atoms with Crippen LogP contribution in [0.5, 0.6) is 0 Å². The summed E-state index contributed by atoms with van der Waals surface area (Å²) < 4.78 is 4.91. The molecule has 0 bridgehead atoms. The summed E-state index contributed by atoms with van der Waals surface area (Å²) in [5.74, 6) is -0.949. The first-order valence-corrected chi connectivity index (χ1v) is 5.62. The quantitative estimate of drug-likeness (QED) is 0.684. The van der Waals surface area contributed by atoms with Gasteiger partial charge in [-0.2, -0.15) is 0 Å². The second-order valence-corrected chi connectivity index (χ2v) is 4.67. The molecule has 6 nitrogen and oxygen atoms in total. The number of carboxylic acids is 1. The Morgan fingerprint density at radius 3 is 2.71 bits per heavy atom. The SMILES string of the molecule is CNC(=O)C1(C)CCN(C(COC)C(=O)O)C1. The molecule has 2 unspecified atom stereocenters. The highest BCUT2D eigenvalue weighted by Crippen LogP contribution is 2.31. The number of likely N-dealkylation sites (tertiary alicyclic amines) is 1. The number of hydrogen-bond donors (Lipinski definition) is 2. The maximum Gasteiger partial charge on any atom is 0.323 e. The van der Waals surface area contributed by atoms with Crippen molar-refractivity contribution in [3.8, 4) is 0 Å². The van der Waals surface area contributed by atoms with E-state index in [9.17, 15) is 9.59 Å². The van der Waals surface area contributed by atoms with Crippen molar-refractivity contribution in [2.75, 3.05) is 33.9 Å². The van der Waals surface area contributed by atoms with E-state index in [1.54, 1.807) is 11.9 Å². The van der Waals surface area contributed by atoms with Crippen LogP contribution in [-0.2, 0) is 14.3 Å². The molecule has 1 rings (SSSR count). The Labute approximate surface area is 101 Å². The molecule has 1 heterocycles. The normalized spacial score (nSPS) is 26.8. The fourth-order valence-corrected chi connectivity index (χ4v) is 2.24. The summed E-state index contributed by atoms with van der Waals surface area (Å²) in [5, 5.41) is 11.7. The molecule has 98 valence electrons. The van der Waals surface area contributed by atoms with Crippen LogP contribution in [0.25, 0.3) is 0 Å². The van der Waals surface area contributed by atoms with Gasteiger partial charge in [-0.15, -0.1) is 0 Å². The zero-order valence-corrected chi connectivity index (χ0v) is 10.5.